The van der Waals surface area contributed by atoms with Crippen LogP contribution in [0.15, 0.2) is 54.6 Å². The number of carbonyl (C=O) groups excluding carboxylic acids is 2. The summed E-state index contributed by atoms with van der Waals surface area (Å²) in [6.07, 6.45) is 3.53. The molecule has 0 aromatic heterocycles. The second-order valence-electron chi connectivity index (χ2n) is 8.71. The van der Waals surface area contributed by atoms with Crippen molar-refractivity contribution >= 4 is 29.1 Å². The first-order valence-electron chi connectivity index (χ1n) is 10.6. The van der Waals surface area contributed by atoms with E-state index in [0.717, 1.165) is 36.9 Å². The van der Waals surface area contributed by atoms with E-state index in [4.69, 9.17) is 16.3 Å². The quantitative estimate of drug-likeness (QED) is 0.753. The molecule has 6 heteroatoms. The van der Waals surface area contributed by atoms with Crippen LogP contribution in [0.2, 0.25) is 5.02 Å². The van der Waals surface area contributed by atoms with Crippen molar-refractivity contribution in [3.8, 4) is 0 Å². The Bertz CT molecular complexity index is 958. The van der Waals surface area contributed by atoms with Crippen LogP contribution in [0.5, 0.6) is 0 Å². The van der Waals surface area contributed by atoms with Gasteiger partial charge in [-0.3, -0.25) is 9.59 Å². The third kappa shape index (κ3) is 3.21. The molecular weight excluding hydrogens is 400 g/mol. The highest BCUT2D eigenvalue weighted by Crippen LogP contribution is 2.46. The minimum atomic E-state index is -0.496. The zero-order chi connectivity index (χ0) is 20.8. The Kier molecular flexibility index (Phi) is 4.83. The second-order valence-corrected chi connectivity index (χ2v) is 9.14. The van der Waals surface area contributed by atoms with Gasteiger partial charge in [0, 0.05) is 17.3 Å². The van der Waals surface area contributed by atoms with Gasteiger partial charge < -0.3 is 14.5 Å². The first-order chi connectivity index (χ1) is 14.5. The van der Waals surface area contributed by atoms with Crippen LogP contribution in [0.25, 0.3) is 0 Å². The smallest absolute Gasteiger partial charge is 0.253 e. The molecule has 2 aromatic rings. The fourth-order valence-corrected chi connectivity index (χ4v) is 5.18. The molecule has 2 aliphatic heterocycles. The number of rotatable bonds is 3. The number of halogens is 1. The monoisotopic (exact) mass is 424 g/mol. The third-order valence-electron chi connectivity index (χ3n) is 6.93. The van der Waals surface area contributed by atoms with Crippen LogP contribution in [0, 0.1) is 0 Å². The van der Waals surface area contributed by atoms with Crippen LogP contribution in [-0.4, -0.2) is 48.6 Å². The van der Waals surface area contributed by atoms with Gasteiger partial charge in [-0.2, -0.15) is 0 Å². The first kappa shape index (κ1) is 19.6. The van der Waals surface area contributed by atoms with Crippen LogP contribution in [0.4, 0.5) is 5.69 Å². The lowest BCUT2D eigenvalue weighted by atomic mass is 9.63. The lowest BCUT2D eigenvalue weighted by Gasteiger charge is -2.44. The number of anilines is 1. The van der Waals surface area contributed by atoms with Gasteiger partial charge in [-0.15, -0.1) is 0 Å². The summed E-state index contributed by atoms with van der Waals surface area (Å²) in [4.78, 5) is 29.9. The van der Waals surface area contributed by atoms with E-state index in [0.29, 0.717) is 24.7 Å². The van der Waals surface area contributed by atoms with E-state index >= 15 is 0 Å². The minimum Gasteiger partial charge on any atom is -0.361 e. The molecule has 0 radical (unpaired) electrons. The molecule has 1 atom stereocenters. The van der Waals surface area contributed by atoms with Crippen LogP contribution in [-0.2, 0) is 19.7 Å². The van der Waals surface area contributed by atoms with E-state index in [1.807, 2.05) is 59.5 Å². The largest absolute Gasteiger partial charge is 0.361 e. The standard InChI is InChI=1S/C24H25ClN2O3/c25-19-9-7-18(8-10-19)24(11-4-12-24)22(29)26-14-13-23(16-26)17-27(21(28)15-30-23)20-5-2-1-3-6-20/h1-3,5-10H,4,11-17H2/t23-/m0/s1. The lowest BCUT2D eigenvalue weighted by Crippen LogP contribution is -2.57. The summed E-state index contributed by atoms with van der Waals surface area (Å²) in [5.74, 6) is 0.146. The van der Waals surface area contributed by atoms with Gasteiger partial charge in [0.2, 0.25) is 5.91 Å². The number of para-hydroxylation sites is 1. The SMILES string of the molecule is O=C1CO[C@]2(CCN(C(=O)C3(c4ccc(Cl)cc4)CCC3)C2)CN1c1ccccc1. The summed E-state index contributed by atoms with van der Waals surface area (Å²) < 4.78 is 6.05. The number of carbonyl (C=O) groups is 2. The van der Waals surface area contributed by atoms with Crippen LogP contribution < -0.4 is 4.90 Å². The highest BCUT2D eigenvalue weighted by Gasteiger charge is 2.52. The molecular formula is C24H25ClN2O3. The van der Waals surface area contributed by atoms with Gasteiger partial charge in [-0.1, -0.05) is 48.4 Å². The van der Waals surface area contributed by atoms with Crippen molar-refractivity contribution in [3.05, 3.63) is 65.2 Å². The molecule has 30 heavy (non-hydrogen) atoms. The number of likely N-dealkylation sites (tertiary alicyclic amines) is 1. The molecule has 1 aliphatic carbocycles. The average molecular weight is 425 g/mol. The highest BCUT2D eigenvalue weighted by atomic mass is 35.5. The molecule has 0 N–H and O–H groups in total. The molecule has 2 saturated heterocycles. The molecule has 1 saturated carbocycles. The second kappa shape index (κ2) is 7.40. The van der Waals surface area contributed by atoms with E-state index in [1.54, 1.807) is 4.90 Å². The van der Waals surface area contributed by atoms with Crippen molar-refractivity contribution in [2.45, 2.75) is 36.7 Å². The number of hydrogen-bond donors (Lipinski definition) is 0. The van der Waals surface area contributed by atoms with Crippen LogP contribution in [0.1, 0.15) is 31.2 Å². The van der Waals surface area contributed by atoms with Crippen LogP contribution in [0.3, 0.4) is 0 Å². The summed E-state index contributed by atoms with van der Waals surface area (Å²) >= 11 is 6.06. The fraction of sp³-hybridized carbons (Fsp3) is 0.417. The molecule has 5 rings (SSSR count). The molecule has 156 valence electrons. The number of ether oxygens (including phenoxy) is 1. The number of benzene rings is 2. The molecule has 0 unspecified atom stereocenters. The van der Waals surface area contributed by atoms with Crippen molar-refractivity contribution in [3.63, 3.8) is 0 Å². The zero-order valence-corrected chi connectivity index (χ0v) is 17.6. The van der Waals surface area contributed by atoms with Crippen molar-refractivity contribution in [2.24, 2.45) is 0 Å². The normalized spacial score (nSPS) is 25.4. The summed E-state index contributed by atoms with van der Waals surface area (Å²) in [7, 11) is 0. The molecule has 2 amide bonds. The average Bonchev–Trinajstić information content (AvgIpc) is 3.15. The molecule has 2 heterocycles. The van der Waals surface area contributed by atoms with E-state index < -0.39 is 11.0 Å². The van der Waals surface area contributed by atoms with E-state index in [2.05, 4.69) is 0 Å². The fourth-order valence-electron chi connectivity index (χ4n) is 5.05. The lowest BCUT2D eigenvalue weighted by molar-refractivity contribution is -0.144. The van der Waals surface area contributed by atoms with E-state index in [1.165, 1.54) is 0 Å². The highest BCUT2D eigenvalue weighted by molar-refractivity contribution is 6.30. The van der Waals surface area contributed by atoms with Gasteiger partial charge in [0.25, 0.3) is 5.91 Å². The van der Waals surface area contributed by atoms with Crippen molar-refractivity contribution in [1.82, 2.24) is 4.90 Å². The first-order valence-corrected chi connectivity index (χ1v) is 10.9. The molecule has 5 nitrogen and oxygen atoms in total. The van der Waals surface area contributed by atoms with E-state index in [-0.39, 0.29) is 18.4 Å². The predicted octanol–water partition coefficient (Wildman–Crippen LogP) is 3.80. The van der Waals surface area contributed by atoms with Crippen LogP contribution >= 0.6 is 11.6 Å². The maximum absolute atomic E-state index is 13.6. The Morgan fingerprint density at radius 3 is 2.37 bits per heavy atom. The molecule has 2 aromatic carbocycles. The summed E-state index contributed by atoms with van der Waals surface area (Å²) in [6, 6.07) is 17.4. The zero-order valence-electron chi connectivity index (χ0n) is 16.9. The van der Waals surface area contributed by atoms with Crippen molar-refractivity contribution in [2.75, 3.05) is 31.1 Å². The van der Waals surface area contributed by atoms with Crippen molar-refractivity contribution in [1.29, 1.82) is 0 Å². The van der Waals surface area contributed by atoms with Gasteiger partial charge in [0.15, 0.2) is 0 Å². The van der Waals surface area contributed by atoms with Crippen molar-refractivity contribution < 1.29 is 14.3 Å². The van der Waals surface area contributed by atoms with Gasteiger partial charge in [0.1, 0.15) is 12.2 Å². The van der Waals surface area contributed by atoms with Gasteiger partial charge >= 0.3 is 0 Å². The molecule has 0 bridgehead atoms. The molecule has 3 aliphatic rings. The summed E-state index contributed by atoms with van der Waals surface area (Å²) in [6.45, 7) is 1.72. The van der Waals surface area contributed by atoms with Gasteiger partial charge in [-0.25, -0.2) is 0 Å². The van der Waals surface area contributed by atoms with Gasteiger partial charge in [-0.05, 0) is 49.1 Å². The van der Waals surface area contributed by atoms with Gasteiger partial charge in [0.05, 0.1) is 18.5 Å². The Balaban J connectivity index is 1.35. The summed E-state index contributed by atoms with van der Waals surface area (Å²) in [5, 5.41) is 0.682. The number of hydrogen-bond acceptors (Lipinski definition) is 3. The third-order valence-corrected chi connectivity index (χ3v) is 7.19. The molecule has 3 fully saturated rings. The Morgan fingerprint density at radius 2 is 1.70 bits per heavy atom. The maximum atomic E-state index is 13.6. The Hall–Kier alpha value is -2.37. The summed E-state index contributed by atoms with van der Waals surface area (Å²) in [5.41, 5.74) is 0.991. The van der Waals surface area contributed by atoms with E-state index in [9.17, 15) is 9.59 Å². The number of amides is 2. The maximum Gasteiger partial charge on any atom is 0.253 e. The number of morpholine rings is 1. The minimum absolute atomic E-state index is 0.0340. The Morgan fingerprint density at radius 1 is 0.967 bits per heavy atom. The topological polar surface area (TPSA) is 49.9 Å². The number of nitrogens with zero attached hydrogens (tertiary/aromatic N) is 2. The Labute approximate surface area is 181 Å². The molecule has 1 spiro atoms. The predicted molar refractivity (Wildman–Crippen MR) is 116 cm³/mol.